The molecule has 0 heterocycles. The fourth-order valence-corrected chi connectivity index (χ4v) is 2.36. The quantitative estimate of drug-likeness (QED) is 0.859. The number of nitrogens with zero attached hydrogens (tertiary/aromatic N) is 1. The number of benzene rings is 1. The van der Waals surface area contributed by atoms with Crippen molar-refractivity contribution in [2.75, 3.05) is 20.1 Å². The monoisotopic (exact) mass is 272 g/mol. The molecule has 1 aromatic rings. The maximum atomic E-state index is 13.1. The molecule has 18 heavy (non-hydrogen) atoms. The number of nitrogens with two attached hydrogens (primary N) is 1. The molecule has 1 rings (SSSR count). The van der Waals surface area contributed by atoms with Gasteiger partial charge in [0, 0.05) is 24.2 Å². The maximum absolute atomic E-state index is 13.1. The highest BCUT2D eigenvalue weighted by Crippen LogP contribution is 2.27. The van der Waals surface area contributed by atoms with Gasteiger partial charge in [-0.3, -0.25) is 4.90 Å². The first-order valence-electron chi connectivity index (χ1n) is 6.34. The minimum Gasteiger partial charge on any atom is -0.329 e. The van der Waals surface area contributed by atoms with E-state index in [0.29, 0.717) is 17.5 Å². The Morgan fingerprint density at radius 3 is 2.61 bits per heavy atom. The van der Waals surface area contributed by atoms with Gasteiger partial charge in [-0.15, -0.1) is 0 Å². The molecule has 2 unspecified atom stereocenters. The molecule has 102 valence electrons. The highest BCUT2D eigenvalue weighted by atomic mass is 35.5. The molecule has 2 N–H and O–H groups in total. The molecular weight excluding hydrogens is 251 g/mol. The largest absolute Gasteiger partial charge is 0.329 e. The van der Waals surface area contributed by atoms with Crippen LogP contribution in [0, 0.1) is 11.7 Å². The summed E-state index contributed by atoms with van der Waals surface area (Å²) < 4.78 is 13.1. The topological polar surface area (TPSA) is 29.3 Å². The molecule has 0 aliphatic carbocycles. The molecule has 0 aliphatic heterocycles. The van der Waals surface area contributed by atoms with Gasteiger partial charge in [-0.25, -0.2) is 4.39 Å². The Bertz CT molecular complexity index is 384. The predicted octanol–water partition coefficient (Wildman–Crippen LogP) is 3.46. The first-order chi connectivity index (χ1) is 8.49. The molecule has 0 saturated heterocycles. The summed E-state index contributed by atoms with van der Waals surface area (Å²) in [4.78, 5) is 2.19. The zero-order valence-electron chi connectivity index (χ0n) is 11.3. The molecule has 0 saturated carbocycles. The van der Waals surface area contributed by atoms with Crippen LogP contribution in [0.25, 0.3) is 0 Å². The Kier molecular flexibility index (Phi) is 6.06. The summed E-state index contributed by atoms with van der Waals surface area (Å²) in [5, 5.41) is 0.446. The van der Waals surface area contributed by atoms with E-state index in [1.54, 1.807) is 6.07 Å². The van der Waals surface area contributed by atoms with Gasteiger partial charge in [0.25, 0.3) is 0 Å². The molecule has 0 fully saturated rings. The number of likely N-dealkylation sites (N-methyl/N-ethyl adjacent to an activating group) is 1. The van der Waals surface area contributed by atoms with Crippen LogP contribution in [0.1, 0.15) is 31.9 Å². The van der Waals surface area contributed by atoms with Gasteiger partial charge in [0.1, 0.15) is 5.82 Å². The molecule has 0 spiro atoms. The maximum Gasteiger partial charge on any atom is 0.124 e. The van der Waals surface area contributed by atoms with Crippen molar-refractivity contribution in [3.63, 3.8) is 0 Å². The highest BCUT2D eigenvalue weighted by Gasteiger charge is 2.19. The van der Waals surface area contributed by atoms with Crippen molar-refractivity contribution in [1.82, 2.24) is 4.90 Å². The van der Waals surface area contributed by atoms with Gasteiger partial charge in [-0.2, -0.15) is 0 Å². The third kappa shape index (κ3) is 3.94. The fourth-order valence-electron chi connectivity index (χ4n) is 2.06. The molecule has 0 aliphatic rings. The highest BCUT2D eigenvalue weighted by molar-refractivity contribution is 6.31. The average molecular weight is 273 g/mol. The van der Waals surface area contributed by atoms with E-state index in [4.69, 9.17) is 17.3 Å². The minimum absolute atomic E-state index is 0.0344. The first-order valence-corrected chi connectivity index (χ1v) is 6.72. The van der Waals surface area contributed by atoms with Gasteiger partial charge in [0.05, 0.1) is 0 Å². The zero-order valence-corrected chi connectivity index (χ0v) is 12.0. The summed E-state index contributed by atoms with van der Waals surface area (Å²) in [5.41, 5.74) is 6.73. The molecule has 2 nitrogen and oxygen atoms in total. The standard InChI is InChI=1S/C14H22ClFN2/c1-4-10(2)9-18(3)14(8-17)12-6-5-11(16)7-13(12)15/h5-7,10,14H,4,8-9,17H2,1-3H3. The molecular formula is C14H22ClFN2. The smallest absolute Gasteiger partial charge is 0.124 e. The van der Waals surface area contributed by atoms with E-state index in [-0.39, 0.29) is 11.9 Å². The lowest BCUT2D eigenvalue weighted by molar-refractivity contribution is 0.215. The summed E-state index contributed by atoms with van der Waals surface area (Å²) in [7, 11) is 2.03. The molecule has 0 radical (unpaired) electrons. The number of hydrogen-bond acceptors (Lipinski definition) is 2. The summed E-state index contributed by atoms with van der Waals surface area (Å²) in [6.07, 6.45) is 1.12. The molecule has 2 atom stereocenters. The van der Waals surface area contributed by atoms with E-state index in [1.165, 1.54) is 12.1 Å². The van der Waals surface area contributed by atoms with E-state index in [1.807, 2.05) is 7.05 Å². The van der Waals surface area contributed by atoms with Crippen molar-refractivity contribution in [1.29, 1.82) is 0 Å². The predicted molar refractivity (Wildman–Crippen MR) is 75.3 cm³/mol. The molecule has 0 bridgehead atoms. The van der Waals surface area contributed by atoms with Crippen LogP contribution in [0.2, 0.25) is 5.02 Å². The second-order valence-electron chi connectivity index (χ2n) is 4.87. The summed E-state index contributed by atoms with van der Waals surface area (Å²) in [6.45, 7) is 5.79. The minimum atomic E-state index is -0.316. The van der Waals surface area contributed by atoms with Crippen LogP contribution in [0.4, 0.5) is 4.39 Å². The lowest BCUT2D eigenvalue weighted by Gasteiger charge is -2.30. The average Bonchev–Trinajstić information content (AvgIpc) is 2.32. The third-order valence-corrected chi connectivity index (χ3v) is 3.70. The van der Waals surface area contributed by atoms with E-state index in [2.05, 4.69) is 18.7 Å². The second kappa shape index (κ2) is 7.07. The molecule has 0 amide bonds. The lowest BCUT2D eigenvalue weighted by Crippen LogP contribution is -2.33. The summed E-state index contributed by atoms with van der Waals surface area (Å²) in [6, 6.07) is 4.53. The Labute approximate surface area is 114 Å². The van der Waals surface area contributed by atoms with Crippen LogP contribution >= 0.6 is 11.6 Å². The Balaban J connectivity index is 2.88. The van der Waals surface area contributed by atoms with E-state index < -0.39 is 0 Å². The molecule has 4 heteroatoms. The van der Waals surface area contributed by atoms with Crippen molar-refractivity contribution in [2.24, 2.45) is 11.7 Å². The molecule has 1 aromatic carbocycles. The number of hydrogen-bond donors (Lipinski definition) is 1. The van der Waals surface area contributed by atoms with Crippen molar-refractivity contribution in [2.45, 2.75) is 26.3 Å². The number of rotatable bonds is 6. The van der Waals surface area contributed by atoms with Crippen LogP contribution in [-0.2, 0) is 0 Å². The van der Waals surface area contributed by atoms with E-state index in [9.17, 15) is 4.39 Å². The zero-order chi connectivity index (χ0) is 13.7. The SMILES string of the molecule is CCC(C)CN(C)C(CN)c1ccc(F)cc1Cl. The van der Waals surface area contributed by atoms with Crippen LogP contribution in [-0.4, -0.2) is 25.0 Å². The fraction of sp³-hybridized carbons (Fsp3) is 0.571. The van der Waals surface area contributed by atoms with Gasteiger partial charge in [0.2, 0.25) is 0 Å². The van der Waals surface area contributed by atoms with Gasteiger partial charge in [-0.05, 0) is 30.7 Å². The van der Waals surface area contributed by atoms with Gasteiger partial charge in [0.15, 0.2) is 0 Å². The van der Waals surface area contributed by atoms with E-state index in [0.717, 1.165) is 18.5 Å². The second-order valence-corrected chi connectivity index (χ2v) is 5.28. The van der Waals surface area contributed by atoms with Gasteiger partial charge in [-0.1, -0.05) is 37.9 Å². The Morgan fingerprint density at radius 2 is 2.11 bits per heavy atom. The summed E-state index contributed by atoms with van der Waals surface area (Å²) in [5.74, 6) is 0.285. The van der Waals surface area contributed by atoms with E-state index >= 15 is 0 Å². The Hall–Kier alpha value is -0.640. The normalized spacial score (nSPS) is 14.8. The van der Waals surface area contributed by atoms with Crippen LogP contribution in [0.5, 0.6) is 0 Å². The summed E-state index contributed by atoms with van der Waals surface area (Å²) >= 11 is 6.10. The number of halogens is 2. The Morgan fingerprint density at radius 1 is 1.44 bits per heavy atom. The van der Waals surface area contributed by atoms with Gasteiger partial charge < -0.3 is 5.73 Å². The lowest BCUT2D eigenvalue weighted by atomic mass is 10.0. The van der Waals surface area contributed by atoms with Crippen molar-refractivity contribution in [3.05, 3.63) is 34.6 Å². The van der Waals surface area contributed by atoms with Crippen LogP contribution < -0.4 is 5.73 Å². The first kappa shape index (κ1) is 15.4. The van der Waals surface area contributed by atoms with Crippen molar-refractivity contribution in [3.8, 4) is 0 Å². The third-order valence-electron chi connectivity index (χ3n) is 3.37. The van der Waals surface area contributed by atoms with Crippen molar-refractivity contribution >= 4 is 11.6 Å². The molecule has 0 aromatic heterocycles. The van der Waals surface area contributed by atoms with Crippen LogP contribution in [0.15, 0.2) is 18.2 Å². The van der Waals surface area contributed by atoms with Crippen molar-refractivity contribution < 1.29 is 4.39 Å². The van der Waals surface area contributed by atoms with Gasteiger partial charge >= 0.3 is 0 Å². The van der Waals surface area contributed by atoms with Crippen LogP contribution in [0.3, 0.4) is 0 Å².